The van der Waals surface area contributed by atoms with Gasteiger partial charge in [-0.3, -0.25) is 4.79 Å². The van der Waals surface area contributed by atoms with Crippen molar-refractivity contribution in [3.63, 3.8) is 0 Å². The highest BCUT2D eigenvalue weighted by atomic mass is 16.4. The molecule has 0 radical (unpaired) electrons. The number of carboxylic acid groups (broad SMARTS) is 1. The van der Waals surface area contributed by atoms with Gasteiger partial charge in [0.1, 0.15) is 0 Å². The Morgan fingerprint density at radius 3 is 1.94 bits per heavy atom. The molecule has 0 unspecified atom stereocenters. The fraction of sp³-hybridized carbons (Fsp3) is 0.786. The molecule has 0 spiro atoms. The summed E-state index contributed by atoms with van der Waals surface area (Å²) in [6.07, 6.45) is 5.32. The van der Waals surface area contributed by atoms with Crippen LogP contribution in [0.2, 0.25) is 0 Å². The van der Waals surface area contributed by atoms with E-state index >= 15 is 0 Å². The lowest BCUT2D eigenvalue weighted by molar-refractivity contribution is -0.143. The van der Waals surface area contributed by atoms with Crippen molar-refractivity contribution in [2.75, 3.05) is 6.61 Å². The summed E-state index contributed by atoms with van der Waals surface area (Å²) in [5.74, 6) is -0.167. The highest BCUT2D eigenvalue weighted by Crippen LogP contribution is 2.18. The number of aliphatic hydroxyl groups is 1. The highest BCUT2D eigenvalue weighted by Gasteiger charge is 2.19. The van der Waals surface area contributed by atoms with E-state index in [2.05, 4.69) is 13.8 Å². The van der Waals surface area contributed by atoms with E-state index in [9.17, 15) is 4.79 Å². The molecule has 0 amide bonds. The van der Waals surface area contributed by atoms with E-state index in [-0.39, 0.29) is 24.4 Å². The Balaban J connectivity index is 4.13. The number of carboxylic acids is 1. The van der Waals surface area contributed by atoms with E-state index in [0.717, 1.165) is 6.42 Å². The lowest BCUT2D eigenvalue weighted by atomic mass is 9.90. The van der Waals surface area contributed by atoms with Gasteiger partial charge in [-0.05, 0) is 30.6 Å². The van der Waals surface area contributed by atoms with Crippen molar-refractivity contribution >= 4 is 5.97 Å². The van der Waals surface area contributed by atoms with E-state index in [1.807, 2.05) is 26.0 Å². The van der Waals surface area contributed by atoms with E-state index in [0.29, 0.717) is 12.3 Å². The van der Waals surface area contributed by atoms with Crippen LogP contribution in [0, 0.1) is 23.7 Å². The van der Waals surface area contributed by atoms with Gasteiger partial charge in [-0.2, -0.15) is 0 Å². The van der Waals surface area contributed by atoms with Crippen molar-refractivity contribution in [3.05, 3.63) is 12.2 Å². The molecule has 0 bridgehead atoms. The van der Waals surface area contributed by atoms with Gasteiger partial charge in [0.25, 0.3) is 0 Å². The summed E-state index contributed by atoms with van der Waals surface area (Å²) >= 11 is 0. The quantitative estimate of drug-likeness (QED) is 0.643. The topological polar surface area (TPSA) is 57.5 Å². The van der Waals surface area contributed by atoms with Gasteiger partial charge in [0.05, 0.1) is 5.92 Å². The van der Waals surface area contributed by atoms with E-state index in [1.54, 1.807) is 0 Å². The number of allylic oxidation sites excluding steroid dienone is 2. The van der Waals surface area contributed by atoms with Gasteiger partial charge in [0.2, 0.25) is 0 Å². The zero-order valence-electron chi connectivity index (χ0n) is 11.4. The summed E-state index contributed by atoms with van der Waals surface area (Å²) in [5, 5.41) is 18.2. The fourth-order valence-electron chi connectivity index (χ4n) is 1.73. The first kappa shape index (κ1) is 16.2. The molecule has 0 aromatic heterocycles. The van der Waals surface area contributed by atoms with Gasteiger partial charge in [-0.25, -0.2) is 0 Å². The minimum absolute atomic E-state index is 0.149. The van der Waals surface area contributed by atoms with E-state index < -0.39 is 5.97 Å². The van der Waals surface area contributed by atoms with Gasteiger partial charge in [-0.1, -0.05) is 39.8 Å². The SMILES string of the molecule is CC(C)[C@@H](CO)C/C=C/C[C@H](C(=O)O)C(C)C. The zero-order valence-corrected chi connectivity index (χ0v) is 11.4. The maximum Gasteiger partial charge on any atom is 0.307 e. The third-order valence-corrected chi connectivity index (χ3v) is 3.29. The Morgan fingerprint density at radius 2 is 1.59 bits per heavy atom. The maximum atomic E-state index is 11.0. The minimum Gasteiger partial charge on any atom is -0.481 e. The van der Waals surface area contributed by atoms with E-state index in [4.69, 9.17) is 10.2 Å². The van der Waals surface area contributed by atoms with Crippen LogP contribution in [0.3, 0.4) is 0 Å². The van der Waals surface area contributed by atoms with Crippen LogP contribution in [0.4, 0.5) is 0 Å². The lowest BCUT2D eigenvalue weighted by Crippen LogP contribution is -2.18. The molecule has 0 rings (SSSR count). The Hall–Kier alpha value is -0.830. The first-order valence-corrected chi connectivity index (χ1v) is 6.38. The second kappa shape index (κ2) is 8.29. The zero-order chi connectivity index (χ0) is 13.4. The van der Waals surface area contributed by atoms with Crippen LogP contribution in [0.15, 0.2) is 12.2 Å². The number of hydrogen-bond donors (Lipinski definition) is 2. The molecule has 0 aliphatic rings. The molecule has 0 heterocycles. The smallest absolute Gasteiger partial charge is 0.307 e. The number of carbonyl (C=O) groups is 1. The van der Waals surface area contributed by atoms with Gasteiger partial charge in [0.15, 0.2) is 0 Å². The largest absolute Gasteiger partial charge is 0.481 e. The predicted molar refractivity (Wildman–Crippen MR) is 69.8 cm³/mol. The van der Waals surface area contributed by atoms with Gasteiger partial charge in [0, 0.05) is 6.61 Å². The molecule has 2 N–H and O–H groups in total. The molecule has 3 heteroatoms. The first-order valence-electron chi connectivity index (χ1n) is 6.38. The summed E-state index contributed by atoms with van der Waals surface area (Å²) in [6.45, 7) is 8.22. The molecule has 0 fully saturated rings. The standard InChI is InChI=1S/C14H26O3/c1-10(2)12(9-15)7-5-6-8-13(11(3)4)14(16)17/h5-6,10-13,15H,7-9H2,1-4H3,(H,16,17)/b6-5+/t12-,13+/m1/s1. The summed E-state index contributed by atoms with van der Waals surface area (Å²) < 4.78 is 0. The van der Waals surface area contributed by atoms with Crippen LogP contribution < -0.4 is 0 Å². The van der Waals surface area contributed by atoms with E-state index in [1.165, 1.54) is 0 Å². The van der Waals surface area contributed by atoms with Crippen molar-refractivity contribution in [2.24, 2.45) is 23.7 Å². The van der Waals surface area contributed by atoms with Gasteiger partial charge < -0.3 is 10.2 Å². The Morgan fingerprint density at radius 1 is 1.06 bits per heavy atom. The second-order valence-electron chi connectivity index (χ2n) is 5.32. The Bertz CT molecular complexity index is 244. The molecule has 0 aliphatic carbocycles. The lowest BCUT2D eigenvalue weighted by Gasteiger charge is -2.16. The average Bonchev–Trinajstić information content (AvgIpc) is 2.21. The maximum absolute atomic E-state index is 11.0. The molecule has 100 valence electrons. The molecule has 17 heavy (non-hydrogen) atoms. The summed E-state index contributed by atoms with van der Waals surface area (Å²) in [6, 6.07) is 0. The molecule has 0 saturated heterocycles. The molecule has 2 atom stereocenters. The normalized spacial score (nSPS) is 15.7. The Kier molecular flexibility index (Phi) is 7.88. The number of hydrogen-bond acceptors (Lipinski definition) is 2. The first-order chi connectivity index (χ1) is 7.90. The monoisotopic (exact) mass is 242 g/mol. The minimum atomic E-state index is -0.729. The van der Waals surface area contributed by atoms with Crippen LogP contribution in [-0.2, 0) is 4.79 Å². The molecular formula is C14H26O3. The van der Waals surface area contributed by atoms with Crippen molar-refractivity contribution in [1.29, 1.82) is 0 Å². The average molecular weight is 242 g/mol. The van der Waals surface area contributed by atoms with Crippen LogP contribution in [-0.4, -0.2) is 22.8 Å². The predicted octanol–water partition coefficient (Wildman–Crippen LogP) is 2.94. The summed E-state index contributed by atoms with van der Waals surface area (Å²) in [7, 11) is 0. The van der Waals surface area contributed by atoms with Crippen LogP contribution in [0.25, 0.3) is 0 Å². The molecule has 0 saturated carbocycles. The van der Waals surface area contributed by atoms with Crippen LogP contribution in [0.1, 0.15) is 40.5 Å². The van der Waals surface area contributed by atoms with Gasteiger partial charge >= 0.3 is 5.97 Å². The van der Waals surface area contributed by atoms with Gasteiger partial charge in [-0.15, -0.1) is 0 Å². The Labute approximate surface area is 105 Å². The molecule has 3 nitrogen and oxygen atoms in total. The molecule has 0 aromatic carbocycles. The van der Waals surface area contributed by atoms with Crippen molar-refractivity contribution in [1.82, 2.24) is 0 Å². The van der Waals surface area contributed by atoms with Crippen molar-refractivity contribution in [3.8, 4) is 0 Å². The second-order valence-corrected chi connectivity index (χ2v) is 5.32. The third-order valence-electron chi connectivity index (χ3n) is 3.29. The molecule has 0 aromatic rings. The summed E-state index contributed by atoms with van der Waals surface area (Å²) in [5.41, 5.74) is 0. The molecular weight excluding hydrogens is 216 g/mol. The third kappa shape index (κ3) is 6.47. The fourth-order valence-corrected chi connectivity index (χ4v) is 1.73. The van der Waals surface area contributed by atoms with Crippen molar-refractivity contribution < 1.29 is 15.0 Å². The van der Waals surface area contributed by atoms with Crippen molar-refractivity contribution in [2.45, 2.75) is 40.5 Å². The van der Waals surface area contributed by atoms with Crippen LogP contribution in [0.5, 0.6) is 0 Å². The number of rotatable bonds is 8. The number of aliphatic hydroxyl groups excluding tert-OH is 1. The molecule has 0 aliphatic heterocycles. The summed E-state index contributed by atoms with van der Waals surface area (Å²) in [4.78, 5) is 11.0. The highest BCUT2D eigenvalue weighted by molar-refractivity contribution is 5.70. The van der Waals surface area contributed by atoms with Crippen LogP contribution >= 0.6 is 0 Å². The number of aliphatic carboxylic acids is 1.